The highest BCUT2D eigenvalue weighted by molar-refractivity contribution is 6.17. The van der Waals surface area contributed by atoms with Crippen LogP contribution in [0.5, 0.6) is 0 Å². The minimum atomic E-state index is -4.40. The maximum absolute atomic E-state index is 12.3. The lowest BCUT2D eigenvalue weighted by Gasteiger charge is -2.52. The number of carbonyl (C=O) groups excluding carboxylic acids is 5. The second-order valence-electron chi connectivity index (χ2n) is 6.44. The Labute approximate surface area is 158 Å². The molecule has 0 saturated carbocycles. The van der Waals surface area contributed by atoms with Gasteiger partial charge in [-0.15, -0.1) is 0 Å². The Kier molecular flexibility index (Phi) is 6.92. The highest BCUT2D eigenvalue weighted by Crippen LogP contribution is 2.44. The molecule has 1 unspecified atom stereocenters. The van der Waals surface area contributed by atoms with Gasteiger partial charge in [0.15, 0.2) is 40.6 Å². The zero-order valence-corrected chi connectivity index (χ0v) is 15.7. The van der Waals surface area contributed by atoms with Gasteiger partial charge in [0.1, 0.15) is 0 Å². The Morgan fingerprint density at radius 2 is 1.00 bits per heavy atom. The van der Waals surface area contributed by atoms with E-state index in [-0.39, 0.29) is 0 Å². The summed E-state index contributed by atoms with van der Waals surface area (Å²) in [4.78, 5) is 71.6. The normalized spacial score (nSPS) is 21.1. The van der Waals surface area contributed by atoms with Crippen LogP contribution in [0.4, 0.5) is 0 Å². The molecule has 6 N–H and O–H groups in total. The van der Waals surface area contributed by atoms with Crippen molar-refractivity contribution >= 4 is 34.9 Å². The van der Waals surface area contributed by atoms with Gasteiger partial charge in [-0.1, -0.05) is 0 Å². The van der Waals surface area contributed by atoms with E-state index in [9.17, 15) is 59.4 Å². The van der Waals surface area contributed by atoms with Gasteiger partial charge in [0.25, 0.3) is 5.60 Å². The van der Waals surface area contributed by atoms with E-state index >= 15 is 0 Å². The Morgan fingerprint density at radius 3 is 1.18 bits per heavy atom. The summed E-state index contributed by atoms with van der Waals surface area (Å²) in [7, 11) is 0. The first-order chi connectivity index (χ1) is 12.3. The Bertz CT molecular complexity index is 741. The van der Waals surface area contributed by atoms with E-state index in [2.05, 4.69) is 0 Å². The van der Waals surface area contributed by atoms with Gasteiger partial charge in [0.05, 0.1) is 0 Å². The molecule has 0 rings (SSSR count). The van der Waals surface area contributed by atoms with Crippen LogP contribution in [0.15, 0.2) is 0 Å². The highest BCUT2D eigenvalue weighted by atomic mass is 16.5. The molecule has 0 amide bonds. The fourth-order valence-corrected chi connectivity index (χ4v) is 3.07. The minimum absolute atomic E-state index is 0.339. The highest BCUT2D eigenvalue weighted by Gasteiger charge is 2.81. The van der Waals surface area contributed by atoms with Crippen molar-refractivity contribution in [1.29, 1.82) is 0 Å². The van der Waals surface area contributed by atoms with E-state index in [1.165, 1.54) is 0 Å². The largest absolute Gasteiger partial charge is 0.479 e. The topological polar surface area (TPSA) is 224 Å². The van der Waals surface area contributed by atoms with Crippen molar-refractivity contribution in [3.05, 3.63) is 0 Å². The third-order valence-corrected chi connectivity index (χ3v) is 4.75. The van der Waals surface area contributed by atoms with Gasteiger partial charge >= 0.3 is 5.97 Å². The molecule has 0 aliphatic rings. The number of carbonyl (C=O) groups is 6. The van der Waals surface area contributed by atoms with Crippen molar-refractivity contribution in [2.75, 3.05) is 0 Å². The predicted octanol–water partition coefficient (Wildman–Crippen LogP) is -3.70. The fraction of sp³-hybridized carbons (Fsp3) is 0.625. The molecule has 0 saturated heterocycles. The zero-order chi connectivity index (χ0) is 23.0. The Hall–Kier alpha value is -2.38. The number of rotatable bonds is 10. The van der Waals surface area contributed by atoms with Crippen LogP contribution in [0.1, 0.15) is 34.6 Å². The van der Waals surface area contributed by atoms with Crippen molar-refractivity contribution < 1.29 is 59.4 Å². The lowest BCUT2D eigenvalue weighted by molar-refractivity contribution is -0.275. The van der Waals surface area contributed by atoms with Gasteiger partial charge in [-0.3, -0.25) is 24.0 Å². The summed E-state index contributed by atoms with van der Waals surface area (Å²) in [5.41, 5.74) is -17.0. The molecule has 0 spiro atoms. The van der Waals surface area contributed by atoms with E-state index in [1.807, 2.05) is 0 Å². The van der Waals surface area contributed by atoms with Gasteiger partial charge < -0.3 is 30.6 Å². The molecule has 0 aliphatic carbocycles. The van der Waals surface area contributed by atoms with Crippen LogP contribution in [-0.2, 0) is 28.8 Å². The number of hydrogen-bond donors (Lipinski definition) is 6. The first kappa shape index (κ1) is 25.6. The second kappa shape index (κ2) is 7.56. The number of aliphatic carboxylic acids is 1. The molecule has 158 valence electrons. The summed E-state index contributed by atoms with van der Waals surface area (Å²) < 4.78 is 0. The first-order valence-corrected chi connectivity index (χ1v) is 7.68. The van der Waals surface area contributed by atoms with Crippen molar-refractivity contribution in [3.63, 3.8) is 0 Å². The van der Waals surface area contributed by atoms with Crippen LogP contribution in [0.3, 0.4) is 0 Å². The number of carboxylic acid groups (broad SMARTS) is 1. The molecule has 0 fully saturated rings. The second-order valence-corrected chi connectivity index (χ2v) is 6.44. The SMILES string of the molecule is CC(=O)C(O)[C@](O)(C(C)=O)[C@](O)(C(C)=O)[C@@](O)(C(C)=O)[C@@](O)(C(C)=O)C(=O)O. The van der Waals surface area contributed by atoms with Gasteiger partial charge in [-0.25, -0.2) is 4.79 Å². The molecule has 12 nitrogen and oxygen atoms in total. The summed E-state index contributed by atoms with van der Waals surface area (Å²) in [6, 6.07) is 0. The van der Waals surface area contributed by atoms with Gasteiger partial charge in [0, 0.05) is 0 Å². The van der Waals surface area contributed by atoms with Crippen molar-refractivity contribution in [3.8, 4) is 0 Å². The molecule has 5 atom stereocenters. The molecule has 0 aromatic heterocycles. The Balaban J connectivity index is 7.76. The zero-order valence-electron chi connectivity index (χ0n) is 15.7. The lowest BCUT2D eigenvalue weighted by atomic mass is 9.56. The quantitative estimate of drug-likeness (QED) is 0.193. The molecule has 0 aliphatic heterocycles. The van der Waals surface area contributed by atoms with Gasteiger partial charge in [-0.2, -0.15) is 0 Å². The third kappa shape index (κ3) is 2.89. The molecule has 28 heavy (non-hydrogen) atoms. The van der Waals surface area contributed by atoms with Crippen molar-refractivity contribution in [1.82, 2.24) is 0 Å². The standard InChI is InChI=1S/C16H22O12/c1-6(17)11(22)13(25,7(2)18)15(27,9(4)20)16(28,10(5)21)14(26,8(3)19)12(23)24/h11,22,25-28H,1-5H3,(H,23,24)/t11?,13-,14-,15-,16-/m1/s1. The summed E-state index contributed by atoms with van der Waals surface area (Å²) in [5, 5.41) is 62.2. The maximum atomic E-state index is 12.3. The van der Waals surface area contributed by atoms with Crippen LogP contribution in [0.25, 0.3) is 0 Å². The van der Waals surface area contributed by atoms with Crippen LogP contribution < -0.4 is 0 Å². The summed E-state index contributed by atoms with van der Waals surface area (Å²) in [6.45, 7) is 2.11. The number of hydrogen-bond acceptors (Lipinski definition) is 11. The molecular weight excluding hydrogens is 384 g/mol. The molecule has 0 radical (unpaired) electrons. The number of carboxylic acids is 1. The van der Waals surface area contributed by atoms with E-state index in [1.54, 1.807) is 0 Å². The van der Waals surface area contributed by atoms with E-state index in [4.69, 9.17) is 0 Å². The van der Waals surface area contributed by atoms with Crippen molar-refractivity contribution in [2.45, 2.75) is 63.1 Å². The van der Waals surface area contributed by atoms with Crippen LogP contribution in [0, 0.1) is 0 Å². The minimum Gasteiger partial charge on any atom is -0.479 e. The average molecular weight is 406 g/mol. The molecule has 0 aromatic carbocycles. The van der Waals surface area contributed by atoms with Crippen LogP contribution in [0.2, 0.25) is 0 Å². The number of aliphatic hydroxyl groups excluding tert-OH is 1. The van der Waals surface area contributed by atoms with Crippen LogP contribution in [-0.4, -0.2) is 94.0 Å². The molecule has 0 heterocycles. The summed E-state index contributed by atoms with van der Waals surface area (Å²) in [5.74, 6) is -11.6. The molecule has 12 heteroatoms. The van der Waals surface area contributed by atoms with Crippen molar-refractivity contribution in [2.24, 2.45) is 0 Å². The van der Waals surface area contributed by atoms with E-state index < -0.39 is 63.4 Å². The maximum Gasteiger partial charge on any atom is 0.347 e. The predicted molar refractivity (Wildman–Crippen MR) is 86.8 cm³/mol. The van der Waals surface area contributed by atoms with Crippen LogP contribution >= 0.6 is 0 Å². The number of aliphatic hydroxyl groups is 5. The summed E-state index contributed by atoms with van der Waals surface area (Å²) in [6.07, 6.45) is -2.96. The van der Waals surface area contributed by atoms with E-state index in [0.29, 0.717) is 34.6 Å². The number of Topliss-reactive ketones (excluding diaryl/α,β-unsaturated/α-hetero) is 5. The van der Waals surface area contributed by atoms with E-state index in [0.717, 1.165) is 0 Å². The average Bonchev–Trinajstić information content (AvgIpc) is 2.56. The summed E-state index contributed by atoms with van der Waals surface area (Å²) >= 11 is 0. The van der Waals surface area contributed by atoms with Gasteiger partial charge in [-0.05, 0) is 34.6 Å². The monoisotopic (exact) mass is 406 g/mol. The smallest absolute Gasteiger partial charge is 0.347 e. The fourth-order valence-electron chi connectivity index (χ4n) is 3.07. The molecule has 0 aromatic rings. The molecule has 0 bridgehead atoms. The first-order valence-electron chi connectivity index (χ1n) is 7.68. The number of ketones is 5. The lowest BCUT2D eigenvalue weighted by Crippen LogP contribution is -2.87. The third-order valence-electron chi connectivity index (χ3n) is 4.75. The Morgan fingerprint density at radius 1 is 0.643 bits per heavy atom. The van der Waals surface area contributed by atoms with Gasteiger partial charge in [0.2, 0.25) is 11.2 Å². The molecular formula is C16H22O12.